The Morgan fingerprint density at radius 1 is 1.53 bits per heavy atom. The SMILES string of the molecule is N#CCc1nc(CBr)c(C(F)F)cc1Cl. The fourth-order valence-corrected chi connectivity index (χ4v) is 1.75. The summed E-state index contributed by atoms with van der Waals surface area (Å²) >= 11 is 8.78. The number of nitrogens with zero attached hydrogens (tertiary/aromatic N) is 2. The predicted molar refractivity (Wildman–Crippen MR) is 56.2 cm³/mol. The second kappa shape index (κ2) is 5.38. The highest BCUT2D eigenvalue weighted by atomic mass is 79.9. The Labute approximate surface area is 99.0 Å². The van der Waals surface area contributed by atoms with E-state index >= 15 is 0 Å². The topological polar surface area (TPSA) is 36.7 Å². The van der Waals surface area contributed by atoms with Gasteiger partial charge in [-0.15, -0.1) is 0 Å². The molecule has 6 heteroatoms. The third-order valence-electron chi connectivity index (χ3n) is 1.77. The minimum atomic E-state index is -2.61. The Kier molecular flexibility index (Phi) is 4.43. The fraction of sp³-hybridized carbons (Fsp3) is 0.333. The van der Waals surface area contributed by atoms with Gasteiger partial charge in [-0.05, 0) is 6.07 Å². The summed E-state index contributed by atoms with van der Waals surface area (Å²) in [6.07, 6.45) is -2.60. The van der Waals surface area contributed by atoms with Crippen LogP contribution in [0.25, 0.3) is 0 Å². The van der Waals surface area contributed by atoms with E-state index in [1.54, 1.807) is 0 Å². The van der Waals surface area contributed by atoms with Crippen molar-refractivity contribution in [2.45, 2.75) is 18.2 Å². The third-order valence-corrected chi connectivity index (χ3v) is 2.63. The number of pyridine rings is 1. The zero-order valence-corrected chi connectivity index (χ0v) is 9.82. The smallest absolute Gasteiger partial charge is 0.254 e. The summed E-state index contributed by atoms with van der Waals surface area (Å²) in [7, 11) is 0. The van der Waals surface area contributed by atoms with Crippen molar-refractivity contribution in [3.8, 4) is 6.07 Å². The first-order valence-corrected chi connectivity index (χ1v) is 5.49. The van der Waals surface area contributed by atoms with Crippen LogP contribution in [0, 0.1) is 11.3 Å². The fourth-order valence-electron chi connectivity index (χ4n) is 1.08. The van der Waals surface area contributed by atoms with Gasteiger partial charge < -0.3 is 0 Å². The molecule has 0 atom stereocenters. The lowest BCUT2D eigenvalue weighted by molar-refractivity contribution is 0.150. The quantitative estimate of drug-likeness (QED) is 0.798. The van der Waals surface area contributed by atoms with E-state index in [-0.39, 0.29) is 28.0 Å². The number of alkyl halides is 3. The molecule has 1 aromatic heterocycles. The Hall–Kier alpha value is -0.730. The van der Waals surface area contributed by atoms with Gasteiger partial charge in [-0.2, -0.15) is 5.26 Å². The maximum absolute atomic E-state index is 12.5. The summed E-state index contributed by atoms with van der Waals surface area (Å²) in [5, 5.41) is 8.80. The number of rotatable bonds is 3. The van der Waals surface area contributed by atoms with Gasteiger partial charge >= 0.3 is 0 Å². The lowest BCUT2D eigenvalue weighted by Crippen LogP contribution is -2.01. The number of hydrogen-bond acceptors (Lipinski definition) is 2. The summed E-state index contributed by atoms with van der Waals surface area (Å²) in [5.74, 6) is 0. The lowest BCUT2D eigenvalue weighted by atomic mass is 10.1. The molecule has 15 heavy (non-hydrogen) atoms. The molecule has 0 radical (unpaired) electrons. The zero-order chi connectivity index (χ0) is 11.4. The molecule has 0 aliphatic rings. The molecule has 0 bridgehead atoms. The van der Waals surface area contributed by atoms with Crippen LogP contribution in [0.1, 0.15) is 23.4 Å². The molecule has 0 saturated heterocycles. The first kappa shape index (κ1) is 12.3. The van der Waals surface area contributed by atoms with Crippen LogP contribution in [0.3, 0.4) is 0 Å². The summed E-state index contributed by atoms with van der Waals surface area (Å²) < 4.78 is 25.1. The zero-order valence-electron chi connectivity index (χ0n) is 7.48. The molecule has 0 N–H and O–H groups in total. The summed E-state index contributed by atoms with van der Waals surface area (Å²) in [6.45, 7) is 0. The molecule has 0 aliphatic carbocycles. The molecular formula is C9H6BrClF2N2. The first-order valence-electron chi connectivity index (χ1n) is 3.99. The van der Waals surface area contributed by atoms with Gasteiger partial charge in [0, 0.05) is 10.9 Å². The predicted octanol–water partition coefficient (Wildman–Crippen LogP) is 3.63. The molecule has 2 nitrogen and oxygen atoms in total. The van der Waals surface area contributed by atoms with Crippen molar-refractivity contribution < 1.29 is 8.78 Å². The normalized spacial score (nSPS) is 10.4. The minimum Gasteiger partial charge on any atom is -0.254 e. The van der Waals surface area contributed by atoms with Crippen LogP contribution in [0.5, 0.6) is 0 Å². The van der Waals surface area contributed by atoms with E-state index in [1.165, 1.54) is 6.07 Å². The van der Waals surface area contributed by atoms with E-state index in [4.69, 9.17) is 16.9 Å². The van der Waals surface area contributed by atoms with Crippen LogP contribution in [-0.2, 0) is 11.8 Å². The maximum Gasteiger partial charge on any atom is 0.265 e. The molecule has 80 valence electrons. The van der Waals surface area contributed by atoms with E-state index in [1.807, 2.05) is 6.07 Å². The maximum atomic E-state index is 12.5. The Morgan fingerprint density at radius 2 is 2.20 bits per heavy atom. The van der Waals surface area contributed by atoms with Crippen LogP contribution in [0.15, 0.2) is 6.07 Å². The number of halogens is 4. The molecule has 1 rings (SSSR count). The molecule has 1 aromatic rings. The highest BCUT2D eigenvalue weighted by Crippen LogP contribution is 2.28. The average Bonchev–Trinajstić information content (AvgIpc) is 2.20. The second-order valence-corrected chi connectivity index (χ2v) is 3.69. The first-order chi connectivity index (χ1) is 7.10. The van der Waals surface area contributed by atoms with Crippen LogP contribution in [-0.4, -0.2) is 4.98 Å². The third kappa shape index (κ3) is 2.86. The molecule has 0 aliphatic heterocycles. The molecule has 0 unspecified atom stereocenters. The van der Waals surface area contributed by atoms with Crippen LogP contribution < -0.4 is 0 Å². The van der Waals surface area contributed by atoms with Gasteiger partial charge in [-0.25, -0.2) is 8.78 Å². The van der Waals surface area contributed by atoms with E-state index in [0.29, 0.717) is 5.69 Å². The van der Waals surface area contributed by atoms with Crippen molar-refractivity contribution in [2.75, 3.05) is 0 Å². The Balaban J connectivity index is 3.24. The van der Waals surface area contributed by atoms with Gasteiger partial charge in [-0.3, -0.25) is 4.98 Å². The number of hydrogen-bond donors (Lipinski definition) is 0. The summed E-state index contributed by atoms with van der Waals surface area (Å²) in [4.78, 5) is 3.92. The van der Waals surface area contributed by atoms with E-state index < -0.39 is 6.43 Å². The Morgan fingerprint density at radius 3 is 2.67 bits per heavy atom. The van der Waals surface area contributed by atoms with Gasteiger partial charge in [0.25, 0.3) is 6.43 Å². The van der Waals surface area contributed by atoms with E-state index in [0.717, 1.165) is 0 Å². The monoisotopic (exact) mass is 294 g/mol. The highest BCUT2D eigenvalue weighted by Gasteiger charge is 2.16. The standard InChI is InChI=1S/C9H6BrClF2N2/c10-4-8-5(9(12)13)3-6(11)7(15-8)1-2-14/h3,9H,1,4H2. The van der Waals surface area contributed by atoms with Crippen molar-refractivity contribution in [1.29, 1.82) is 5.26 Å². The van der Waals surface area contributed by atoms with Crippen molar-refractivity contribution in [2.24, 2.45) is 0 Å². The molecule has 0 saturated carbocycles. The van der Waals surface area contributed by atoms with Gasteiger partial charge in [0.1, 0.15) is 0 Å². The van der Waals surface area contributed by atoms with Crippen LogP contribution >= 0.6 is 27.5 Å². The van der Waals surface area contributed by atoms with Crippen molar-refractivity contribution >= 4 is 27.5 Å². The van der Waals surface area contributed by atoms with Gasteiger partial charge in [0.05, 0.1) is 28.9 Å². The average molecular weight is 296 g/mol. The molecular weight excluding hydrogens is 289 g/mol. The van der Waals surface area contributed by atoms with Gasteiger partial charge in [0.15, 0.2) is 0 Å². The molecule has 0 fully saturated rings. The molecule has 0 amide bonds. The molecule has 1 heterocycles. The van der Waals surface area contributed by atoms with E-state index in [2.05, 4.69) is 20.9 Å². The Bertz CT molecular complexity index is 404. The van der Waals surface area contributed by atoms with E-state index in [9.17, 15) is 8.78 Å². The molecule has 0 aromatic carbocycles. The van der Waals surface area contributed by atoms with Crippen molar-refractivity contribution in [3.63, 3.8) is 0 Å². The largest absolute Gasteiger partial charge is 0.265 e. The number of aromatic nitrogens is 1. The molecule has 0 spiro atoms. The van der Waals surface area contributed by atoms with Crippen molar-refractivity contribution in [3.05, 3.63) is 28.0 Å². The van der Waals surface area contributed by atoms with Crippen LogP contribution in [0.2, 0.25) is 5.02 Å². The summed E-state index contributed by atoms with van der Waals surface area (Å²) in [6, 6.07) is 3.04. The van der Waals surface area contributed by atoms with Crippen LogP contribution in [0.4, 0.5) is 8.78 Å². The number of nitriles is 1. The van der Waals surface area contributed by atoms with Gasteiger partial charge in [-0.1, -0.05) is 27.5 Å². The summed E-state index contributed by atoms with van der Waals surface area (Å²) in [5.41, 5.74) is 0.358. The lowest BCUT2D eigenvalue weighted by Gasteiger charge is -2.08. The van der Waals surface area contributed by atoms with Gasteiger partial charge in [0.2, 0.25) is 0 Å². The highest BCUT2D eigenvalue weighted by molar-refractivity contribution is 9.08. The second-order valence-electron chi connectivity index (χ2n) is 2.72. The minimum absolute atomic E-state index is 0.0162. The van der Waals surface area contributed by atoms with Crippen molar-refractivity contribution in [1.82, 2.24) is 4.98 Å².